The van der Waals surface area contributed by atoms with Crippen molar-refractivity contribution in [3.63, 3.8) is 0 Å². The number of alkyl halides is 3. The molecule has 0 unspecified atom stereocenters. The fraction of sp³-hybridized carbons (Fsp3) is 0.526. The molecule has 7 nitrogen and oxygen atoms in total. The van der Waals surface area contributed by atoms with Gasteiger partial charge in [0.15, 0.2) is 0 Å². The van der Waals surface area contributed by atoms with E-state index in [9.17, 15) is 23.1 Å². The number of aliphatic hydroxyl groups excluding tert-OH is 1. The first-order valence-corrected chi connectivity index (χ1v) is 9.59. The van der Waals surface area contributed by atoms with E-state index in [4.69, 9.17) is 0 Å². The van der Waals surface area contributed by atoms with Crippen molar-refractivity contribution < 1.29 is 23.1 Å². The van der Waals surface area contributed by atoms with Gasteiger partial charge in [0.2, 0.25) is 5.91 Å². The summed E-state index contributed by atoms with van der Waals surface area (Å²) in [6.07, 6.45) is 3.25. The highest BCUT2D eigenvalue weighted by Crippen LogP contribution is 2.33. The molecule has 0 spiro atoms. The molecule has 0 radical (unpaired) electrons. The molecule has 29 heavy (non-hydrogen) atoms. The monoisotopic (exact) mass is 411 g/mol. The minimum absolute atomic E-state index is 0.00172. The Labute approximate surface area is 166 Å². The first kappa shape index (κ1) is 21.3. The highest BCUT2D eigenvalue weighted by atomic mass is 19.4. The Morgan fingerprint density at radius 3 is 2.66 bits per heavy atom. The summed E-state index contributed by atoms with van der Waals surface area (Å²) in [5, 5.41) is 15.9. The van der Waals surface area contributed by atoms with Crippen molar-refractivity contribution in [3.05, 3.63) is 36.4 Å². The number of nitrogens with one attached hydrogen (secondary N) is 1. The molecular formula is C19H24F3N5O2. The Morgan fingerprint density at radius 1 is 1.28 bits per heavy atom. The van der Waals surface area contributed by atoms with Crippen LogP contribution in [-0.4, -0.2) is 56.4 Å². The van der Waals surface area contributed by atoms with Crippen LogP contribution >= 0.6 is 0 Å². The molecule has 1 aromatic carbocycles. The third kappa shape index (κ3) is 5.54. The van der Waals surface area contributed by atoms with Crippen molar-refractivity contribution in [2.24, 2.45) is 0 Å². The van der Waals surface area contributed by atoms with E-state index in [1.807, 2.05) is 4.90 Å². The minimum Gasteiger partial charge on any atom is -0.395 e. The van der Waals surface area contributed by atoms with Crippen molar-refractivity contribution in [2.45, 2.75) is 44.3 Å². The summed E-state index contributed by atoms with van der Waals surface area (Å²) in [5.74, 6) is -0.440. The highest BCUT2D eigenvalue weighted by Gasteiger charge is 2.31. The van der Waals surface area contributed by atoms with Crippen molar-refractivity contribution in [1.82, 2.24) is 19.7 Å². The minimum atomic E-state index is -4.54. The molecule has 1 fully saturated rings. The van der Waals surface area contributed by atoms with E-state index < -0.39 is 17.6 Å². The number of nitrogens with zero attached hydrogens (tertiary/aromatic N) is 4. The summed E-state index contributed by atoms with van der Waals surface area (Å²) in [6, 6.07) is 3.27. The topological polar surface area (TPSA) is 83.3 Å². The van der Waals surface area contributed by atoms with Crippen LogP contribution in [0.4, 0.5) is 18.9 Å². The maximum absolute atomic E-state index is 13.1. The van der Waals surface area contributed by atoms with E-state index in [1.165, 1.54) is 23.4 Å². The van der Waals surface area contributed by atoms with E-state index in [1.54, 1.807) is 0 Å². The maximum atomic E-state index is 13.1. The van der Waals surface area contributed by atoms with Crippen molar-refractivity contribution in [2.75, 3.05) is 25.0 Å². The largest absolute Gasteiger partial charge is 0.416 e. The SMILES string of the molecule is O=C(CN(CCO)C1CCCCC1)Nc1cc(C(F)(F)F)ccc1-n1cncn1. The zero-order valence-electron chi connectivity index (χ0n) is 15.9. The predicted octanol–water partition coefficient (Wildman–Crippen LogP) is 2.85. The van der Waals surface area contributed by atoms with Gasteiger partial charge in [0, 0.05) is 12.6 Å². The maximum Gasteiger partial charge on any atom is 0.416 e. The van der Waals surface area contributed by atoms with Gasteiger partial charge in [-0.05, 0) is 31.0 Å². The number of amides is 1. The first-order chi connectivity index (χ1) is 13.9. The number of hydrogen-bond donors (Lipinski definition) is 2. The standard InChI is InChI=1S/C19H24F3N5O2/c20-19(21,22)14-6-7-17(27-13-23-12-24-27)16(10-14)25-18(29)11-26(8-9-28)15-4-2-1-3-5-15/h6-7,10,12-13,15,28H,1-5,8-9,11H2,(H,25,29). The third-order valence-corrected chi connectivity index (χ3v) is 5.09. The number of carbonyl (C=O) groups excluding carboxylic acids is 1. The van der Waals surface area contributed by atoms with Crippen molar-refractivity contribution >= 4 is 11.6 Å². The number of rotatable bonds is 7. The van der Waals surface area contributed by atoms with E-state index >= 15 is 0 Å². The van der Waals surface area contributed by atoms with Crippen LogP contribution in [0.2, 0.25) is 0 Å². The van der Waals surface area contributed by atoms with Gasteiger partial charge in [0.1, 0.15) is 12.7 Å². The number of aliphatic hydroxyl groups is 1. The Hall–Kier alpha value is -2.46. The lowest BCUT2D eigenvalue weighted by Gasteiger charge is -2.33. The summed E-state index contributed by atoms with van der Waals surface area (Å²) in [6.45, 7) is 0.256. The molecule has 158 valence electrons. The van der Waals surface area contributed by atoms with Gasteiger partial charge < -0.3 is 10.4 Å². The Kier molecular flexibility index (Phi) is 6.86. The normalized spacial score (nSPS) is 15.6. The second-order valence-electron chi connectivity index (χ2n) is 7.10. The average Bonchev–Trinajstić information content (AvgIpc) is 3.22. The molecule has 1 amide bonds. The van der Waals surface area contributed by atoms with E-state index in [-0.39, 0.29) is 30.6 Å². The van der Waals surface area contributed by atoms with Gasteiger partial charge in [0.25, 0.3) is 0 Å². The van der Waals surface area contributed by atoms with Gasteiger partial charge in [-0.3, -0.25) is 9.69 Å². The molecule has 1 saturated carbocycles. The van der Waals surface area contributed by atoms with E-state index in [0.29, 0.717) is 6.54 Å². The van der Waals surface area contributed by atoms with Gasteiger partial charge in [-0.25, -0.2) is 9.67 Å². The van der Waals surface area contributed by atoms with Crippen LogP contribution in [-0.2, 0) is 11.0 Å². The lowest BCUT2D eigenvalue weighted by atomic mass is 9.94. The van der Waals surface area contributed by atoms with Gasteiger partial charge in [-0.2, -0.15) is 18.3 Å². The van der Waals surface area contributed by atoms with Crippen molar-refractivity contribution in [1.29, 1.82) is 0 Å². The van der Waals surface area contributed by atoms with Crippen molar-refractivity contribution in [3.8, 4) is 5.69 Å². The van der Waals surface area contributed by atoms with Gasteiger partial charge >= 0.3 is 6.18 Å². The molecule has 2 aromatic rings. The number of benzene rings is 1. The Morgan fingerprint density at radius 2 is 2.03 bits per heavy atom. The molecule has 0 atom stereocenters. The molecule has 1 aromatic heterocycles. The lowest BCUT2D eigenvalue weighted by Crippen LogP contribution is -2.43. The summed E-state index contributed by atoms with van der Waals surface area (Å²) in [7, 11) is 0. The summed E-state index contributed by atoms with van der Waals surface area (Å²) in [4.78, 5) is 18.4. The fourth-order valence-electron chi connectivity index (χ4n) is 3.68. The van der Waals surface area contributed by atoms with E-state index in [0.717, 1.165) is 44.2 Å². The summed E-state index contributed by atoms with van der Waals surface area (Å²) in [5.41, 5.74) is -0.575. The zero-order valence-corrected chi connectivity index (χ0v) is 15.9. The first-order valence-electron chi connectivity index (χ1n) is 9.59. The summed E-state index contributed by atoms with van der Waals surface area (Å²) >= 11 is 0. The van der Waals surface area contributed by atoms with Crippen LogP contribution in [0.1, 0.15) is 37.7 Å². The fourth-order valence-corrected chi connectivity index (χ4v) is 3.68. The van der Waals surface area contributed by atoms with Gasteiger partial charge in [0.05, 0.1) is 30.1 Å². The number of anilines is 1. The Bertz CT molecular complexity index is 805. The molecule has 3 rings (SSSR count). The molecule has 2 N–H and O–H groups in total. The average molecular weight is 411 g/mol. The zero-order chi connectivity index (χ0) is 20.9. The van der Waals surface area contributed by atoms with Crippen LogP contribution in [0.3, 0.4) is 0 Å². The lowest BCUT2D eigenvalue weighted by molar-refractivity contribution is -0.137. The smallest absolute Gasteiger partial charge is 0.395 e. The van der Waals surface area contributed by atoms with E-state index in [2.05, 4.69) is 15.4 Å². The molecule has 1 aliphatic carbocycles. The second kappa shape index (κ2) is 9.36. The number of aromatic nitrogens is 3. The predicted molar refractivity (Wildman–Crippen MR) is 101 cm³/mol. The molecule has 0 saturated heterocycles. The second-order valence-corrected chi connectivity index (χ2v) is 7.10. The Balaban J connectivity index is 1.80. The molecule has 1 aliphatic rings. The number of carbonyl (C=O) groups is 1. The van der Waals surface area contributed by atoms with Crippen LogP contribution < -0.4 is 5.32 Å². The quantitative estimate of drug-likeness (QED) is 0.732. The van der Waals surface area contributed by atoms with Crippen LogP contribution in [0, 0.1) is 0 Å². The number of halogens is 3. The number of hydrogen-bond acceptors (Lipinski definition) is 5. The van der Waals surface area contributed by atoms with Gasteiger partial charge in [-0.15, -0.1) is 0 Å². The molecule has 1 heterocycles. The van der Waals surface area contributed by atoms with Gasteiger partial charge in [-0.1, -0.05) is 19.3 Å². The highest BCUT2D eigenvalue weighted by molar-refractivity contribution is 5.94. The molecular weight excluding hydrogens is 387 g/mol. The van der Waals surface area contributed by atoms with Crippen LogP contribution in [0.25, 0.3) is 5.69 Å². The molecule has 10 heteroatoms. The van der Waals surface area contributed by atoms with Crippen LogP contribution in [0.5, 0.6) is 0 Å². The van der Waals surface area contributed by atoms with Crippen LogP contribution in [0.15, 0.2) is 30.9 Å². The summed E-state index contributed by atoms with van der Waals surface area (Å²) < 4.78 is 40.7. The molecule has 0 bridgehead atoms. The molecule has 0 aliphatic heterocycles. The third-order valence-electron chi connectivity index (χ3n) is 5.09.